The zero-order chi connectivity index (χ0) is 14.9. The highest BCUT2D eigenvalue weighted by atomic mass is 35.5. The van der Waals surface area contributed by atoms with Crippen LogP contribution in [-0.2, 0) is 6.18 Å². The van der Waals surface area contributed by atoms with Gasteiger partial charge in [-0.1, -0.05) is 35.9 Å². The molecule has 0 saturated carbocycles. The average Bonchev–Trinajstić information content (AvgIpc) is 2.37. The van der Waals surface area contributed by atoms with Gasteiger partial charge in [0.25, 0.3) is 6.43 Å². The van der Waals surface area contributed by atoms with Crippen molar-refractivity contribution in [1.29, 1.82) is 0 Å². The minimum atomic E-state index is -4.47. The molecule has 0 spiro atoms. The molecule has 0 amide bonds. The Kier molecular flexibility index (Phi) is 3.99. The molecule has 0 aromatic heterocycles. The molecule has 20 heavy (non-hydrogen) atoms. The van der Waals surface area contributed by atoms with Gasteiger partial charge in [0.15, 0.2) is 0 Å². The van der Waals surface area contributed by atoms with Gasteiger partial charge in [0, 0.05) is 16.1 Å². The van der Waals surface area contributed by atoms with Crippen molar-refractivity contribution in [2.45, 2.75) is 12.6 Å². The van der Waals surface area contributed by atoms with Crippen LogP contribution in [0, 0.1) is 0 Å². The second-order valence-electron chi connectivity index (χ2n) is 4.12. The van der Waals surface area contributed by atoms with Gasteiger partial charge in [0.2, 0.25) is 0 Å². The van der Waals surface area contributed by atoms with E-state index in [2.05, 4.69) is 0 Å². The Hall–Kier alpha value is -1.62. The van der Waals surface area contributed by atoms with E-state index >= 15 is 0 Å². The highest BCUT2D eigenvalue weighted by Gasteiger charge is 2.30. The predicted molar refractivity (Wildman–Crippen MR) is 66.8 cm³/mol. The average molecular weight is 307 g/mol. The van der Waals surface area contributed by atoms with E-state index in [1.807, 2.05) is 0 Å². The smallest absolute Gasteiger partial charge is 0.205 e. The molecule has 0 N–H and O–H groups in total. The number of hydrogen-bond acceptors (Lipinski definition) is 0. The van der Waals surface area contributed by atoms with E-state index in [1.54, 1.807) is 0 Å². The third-order valence-electron chi connectivity index (χ3n) is 2.75. The first-order chi connectivity index (χ1) is 9.29. The maximum Gasteiger partial charge on any atom is 0.416 e. The van der Waals surface area contributed by atoms with Crippen molar-refractivity contribution >= 4 is 11.6 Å². The summed E-state index contributed by atoms with van der Waals surface area (Å²) >= 11 is 5.86. The summed E-state index contributed by atoms with van der Waals surface area (Å²) in [6.45, 7) is 0. The van der Waals surface area contributed by atoms with Crippen LogP contribution in [0.4, 0.5) is 22.0 Å². The highest BCUT2D eigenvalue weighted by molar-refractivity contribution is 6.33. The SMILES string of the molecule is FC(F)c1ccc(-c2cccc(C(F)(F)F)c2)c(Cl)c1. The molecular formula is C14H8ClF5. The van der Waals surface area contributed by atoms with Crippen LogP contribution in [0.25, 0.3) is 11.1 Å². The van der Waals surface area contributed by atoms with E-state index in [-0.39, 0.29) is 21.7 Å². The molecule has 0 nitrogen and oxygen atoms in total. The molecule has 0 fully saturated rings. The van der Waals surface area contributed by atoms with Gasteiger partial charge in [-0.2, -0.15) is 13.2 Å². The Labute approximate surface area is 116 Å². The van der Waals surface area contributed by atoms with Gasteiger partial charge in [-0.15, -0.1) is 0 Å². The summed E-state index contributed by atoms with van der Waals surface area (Å²) in [6, 6.07) is 8.05. The predicted octanol–water partition coefficient (Wildman–Crippen LogP) is 5.96. The van der Waals surface area contributed by atoms with Gasteiger partial charge in [-0.05, 0) is 23.8 Å². The summed E-state index contributed by atoms with van der Waals surface area (Å²) in [5.41, 5.74) is -0.581. The lowest BCUT2D eigenvalue weighted by molar-refractivity contribution is -0.137. The van der Waals surface area contributed by atoms with Gasteiger partial charge in [-0.25, -0.2) is 8.78 Å². The van der Waals surface area contributed by atoms with Crippen molar-refractivity contribution in [1.82, 2.24) is 0 Å². The molecule has 0 unspecified atom stereocenters. The number of hydrogen-bond donors (Lipinski definition) is 0. The van der Waals surface area contributed by atoms with Crippen LogP contribution in [0.1, 0.15) is 17.6 Å². The number of halogens is 6. The van der Waals surface area contributed by atoms with E-state index in [1.165, 1.54) is 18.2 Å². The van der Waals surface area contributed by atoms with E-state index in [0.29, 0.717) is 0 Å². The zero-order valence-electron chi connectivity index (χ0n) is 9.89. The van der Waals surface area contributed by atoms with Crippen molar-refractivity contribution in [3.05, 3.63) is 58.6 Å². The minimum absolute atomic E-state index is 0.0119. The van der Waals surface area contributed by atoms with Crippen molar-refractivity contribution in [3.63, 3.8) is 0 Å². The molecule has 0 atom stereocenters. The van der Waals surface area contributed by atoms with E-state index in [4.69, 9.17) is 11.6 Å². The first-order valence-electron chi connectivity index (χ1n) is 5.54. The summed E-state index contributed by atoms with van der Waals surface area (Å²) < 4.78 is 62.9. The second kappa shape index (κ2) is 5.40. The molecule has 0 bridgehead atoms. The van der Waals surface area contributed by atoms with Gasteiger partial charge in [0.05, 0.1) is 5.56 Å². The molecule has 2 aromatic carbocycles. The molecule has 0 heterocycles. The first-order valence-corrected chi connectivity index (χ1v) is 5.92. The van der Waals surface area contributed by atoms with Crippen LogP contribution in [-0.4, -0.2) is 0 Å². The molecule has 106 valence electrons. The van der Waals surface area contributed by atoms with Crippen molar-refractivity contribution in [3.8, 4) is 11.1 Å². The van der Waals surface area contributed by atoms with Crippen molar-refractivity contribution in [2.24, 2.45) is 0 Å². The lowest BCUT2D eigenvalue weighted by Crippen LogP contribution is -2.04. The topological polar surface area (TPSA) is 0 Å². The molecule has 6 heteroatoms. The fraction of sp³-hybridized carbons (Fsp3) is 0.143. The largest absolute Gasteiger partial charge is 0.416 e. The quantitative estimate of drug-likeness (QED) is 0.600. The van der Waals surface area contributed by atoms with Crippen molar-refractivity contribution < 1.29 is 22.0 Å². The van der Waals surface area contributed by atoms with Gasteiger partial charge >= 0.3 is 6.18 Å². The van der Waals surface area contributed by atoms with Gasteiger partial charge in [0.1, 0.15) is 0 Å². The summed E-state index contributed by atoms with van der Waals surface area (Å²) in [5, 5.41) is -0.0119. The van der Waals surface area contributed by atoms with Gasteiger partial charge in [-0.3, -0.25) is 0 Å². The highest BCUT2D eigenvalue weighted by Crippen LogP contribution is 2.35. The third-order valence-corrected chi connectivity index (χ3v) is 3.06. The van der Waals surface area contributed by atoms with Crippen LogP contribution in [0.5, 0.6) is 0 Å². The Morgan fingerprint density at radius 2 is 1.65 bits per heavy atom. The van der Waals surface area contributed by atoms with E-state index in [0.717, 1.165) is 24.3 Å². The second-order valence-corrected chi connectivity index (χ2v) is 4.53. The fourth-order valence-electron chi connectivity index (χ4n) is 1.76. The maximum atomic E-state index is 12.6. The number of alkyl halides is 5. The molecule has 0 aliphatic carbocycles. The molecule has 2 aromatic rings. The Morgan fingerprint density at radius 3 is 2.20 bits per heavy atom. The standard InChI is InChI=1S/C14H8ClF5/c15-12-7-9(13(16)17)4-5-11(12)8-2-1-3-10(6-8)14(18,19)20/h1-7,13H. The Morgan fingerprint density at radius 1 is 0.950 bits per heavy atom. The summed E-state index contributed by atoms with van der Waals surface area (Å²) in [5.74, 6) is 0. The number of rotatable bonds is 2. The van der Waals surface area contributed by atoms with Crippen molar-refractivity contribution in [2.75, 3.05) is 0 Å². The van der Waals surface area contributed by atoms with Crippen LogP contribution in [0.15, 0.2) is 42.5 Å². The third kappa shape index (κ3) is 3.10. The molecular weight excluding hydrogens is 299 g/mol. The molecule has 0 radical (unpaired) electrons. The monoisotopic (exact) mass is 306 g/mol. The van der Waals surface area contributed by atoms with Crippen LogP contribution in [0.2, 0.25) is 5.02 Å². The summed E-state index contributed by atoms with van der Waals surface area (Å²) in [4.78, 5) is 0. The Bertz CT molecular complexity index is 619. The zero-order valence-corrected chi connectivity index (χ0v) is 10.6. The molecule has 0 aliphatic rings. The van der Waals surface area contributed by atoms with Gasteiger partial charge < -0.3 is 0 Å². The lowest BCUT2D eigenvalue weighted by atomic mass is 10.0. The normalized spacial score (nSPS) is 11.9. The van der Waals surface area contributed by atoms with E-state index in [9.17, 15) is 22.0 Å². The summed E-state index contributed by atoms with van der Waals surface area (Å²) in [7, 11) is 0. The van der Waals surface area contributed by atoms with Crippen LogP contribution < -0.4 is 0 Å². The van der Waals surface area contributed by atoms with E-state index < -0.39 is 18.2 Å². The first kappa shape index (κ1) is 14.8. The molecule has 0 aliphatic heterocycles. The molecule has 0 saturated heterocycles. The summed E-state index contributed by atoms with van der Waals surface area (Å²) in [6.07, 6.45) is -7.14. The minimum Gasteiger partial charge on any atom is -0.205 e. The Balaban J connectivity index is 2.47. The lowest BCUT2D eigenvalue weighted by Gasteiger charge is -2.11. The van der Waals surface area contributed by atoms with Crippen LogP contribution in [0.3, 0.4) is 0 Å². The fourth-order valence-corrected chi connectivity index (χ4v) is 2.06. The van der Waals surface area contributed by atoms with Crippen LogP contribution >= 0.6 is 11.6 Å². The molecule has 2 rings (SSSR count). The maximum absolute atomic E-state index is 12.6. The number of benzene rings is 2.